The van der Waals surface area contributed by atoms with Gasteiger partial charge in [-0.25, -0.2) is 17.6 Å². The number of halogens is 4. The molecule has 1 aliphatic rings. The van der Waals surface area contributed by atoms with Crippen LogP contribution in [0.5, 0.6) is 0 Å². The fourth-order valence-corrected chi connectivity index (χ4v) is 3.68. The third kappa shape index (κ3) is 4.98. The fourth-order valence-electron chi connectivity index (χ4n) is 3.68. The predicted octanol–water partition coefficient (Wildman–Crippen LogP) is 4.26. The van der Waals surface area contributed by atoms with Crippen molar-refractivity contribution in [1.82, 2.24) is 9.47 Å². The monoisotopic (exact) mass is 459 g/mol. The van der Waals surface area contributed by atoms with Gasteiger partial charge in [0.1, 0.15) is 40.8 Å². The van der Waals surface area contributed by atoms with Crippen LogP contribution in [-0.2, 0) is 4.84 Å². The molecule has 9 heteroatoms. The largest absolute Gasteiger partial charge is 0.392 e. The van der Waals surface area contributed by atoms with Crippen molar-refractivity contribution in [3.63, 3.8) is 0 Å². The zero-order valence-corrected chi connectivity index (χ0v) is 17.8. The molecule has 1 aliphatic heterocycles. The van der Waals surface area contributed by atoms with Crippen molar-refractivity contribution < 1.29 is 22.4 Å². The molecule has 4 rings (SSSR count). The molecule has 3 aromatic rings. The van der Waals surface area contributed by atoms with Gasteiger partial charge in [0.05, 0.1) is 0 Å². The van der Waals surface area contributed by atoms with E-state index >= 15 is 0 Å². The number of pyridine rings is 1. The Balaban J connectivity index is 1.80. The molecule has 0 bridgehead atoms. The molecule has 0 saturated carbocycles. The van der Waals surface area contributed by atoms with Crippen LogP contribution in [0.15, 0.2) is 64.7 Å². The van der Waals surface area contributed by atoms with Crippen LogP contribution in [0.4, 0.5) is 17.6 Å². The minimum atomic E-state index is -0.941. The Morgan fingerprint density at radius 2 is 1.67 bits per heavy atom. The number of benzene rings is 2. The minimum absolute atomic E-state index is 0.0306. The summed E-state index contributed by atoms with van der Waals surface area (Å²) < 4.78 is 57.6. The van der Waals surface area contributed by atoms with E-state index in [9.17, 15) is 22.4 Å². The molecular weight excluding hydrogens is 438 g/mol. The van der Waals surface area contributed by atoms with Crippen LogP contribution in [0.2, 0.25) is 0 Å². The number of aromatic nitrogens is 1. The molecule has 1 aromatic heterocycles. The van der Waals surface area contributed by atoms with Crippen LogP contribution < -0.4 is 5.56 Å². The molecule has 5 nitrogen and oxygen atoms in total. The number of para-hydroxylation sites is 1. The second-order valence-corrected chi connectivity index (χ2v) is 7.87. The SMILES string of the molecule is CN1CCC(ON=C(c2ccc(=O)n(-c3c(F)cccc3F)c2)c2ccc(F)cc2F)CC1. The molecule has 1 saturated heterocycles. The molecule has 0 aliphatic carbocycles. The van der Waals surface area contributed by atoms with Crippen molar-refractivity contribution in [2.24, 2.45) is 5.16 Å². The van der Waals surface area contributed by atoms with Crippen molar-refractivity contribution in [3.05, 3.63) is 99.5 Å². The van der Waals surface area contributed by atoms with Gasteiger partial charge >= 0.3 is 0 Å². The Hall–Kier alpha value is -3.46. The zero-order chi connectivity index (χ0) is 23.5. The van der Waals surface area contributed by atoms with E-state index in [0.717, 1.165) is 48.1 Å². The Labute approximate surface area is 187 Å². The molecule has 0 spiro atoms. The lowest BCUT2D eigenvalue weighted by molar-refractivity contribution is 0.0163. The van der Waals surface area contributed by atoms with Gasteiger partial charge in [-0.05, 0) is 50.2 Å². The van der Waals surface area contributed by atoms with Gasteiger partial charge in [-0.2, -0.15) is 0 Å². The van der Waals surface area contributed by atoms with Gasteiger partial charge in [-0.15, -0.1) is 0 Å². The topological polar surface area (TPSA) is 46.8 Å². The third-order valence-corrected chi connectivity index (χ3v) is 5.51. The maximum absolute atomic E-state index is 14.7. The van der Waals surface area contributed by atoms with Crippen LogP contribution in [0.25, 0.3) is 5.69 Å². The molecule has 2 aromatic carbocycles. The maximum Gasteiger partial charge on any atom is 0.255 e. The Bertz CT molecular complexity index is 1230. The summed E-state index contributed by atoms with van der Waals surface area (Å²) in [5, 5.41) is 4.15. The average Bonchev–Trinajstić information content (AvgIpc) is 2.78. The summed E-state index contributed by atoms with van der Waals surface area (Å²) >= 11 is 0. The summed E-state index contributed by atoms with van der Waals surface area (Å²) in [7, 11) is 1.99. The number of nitrogens with zero attached hydrogens (tertiary/aromatic N) is 3. The lowest BCUT2D eigenvalue weighted by Gasteiger charge is -2.27. The molecule has 1 fully saturated rings. The van der Waals surface area contributed by atoms with Crippen molar-refractivity contribution in [3.8, 4) is 5.69 Å². The first-order chi connectivity index (χ1) is 15.8. The highest BCUT2D eigenvalue weighted by atomic mass is 19.1. The van der Waals surface area contributed by atoms with E-state index in [2.05, 4.69) is 10.1 Å². The Morgan fingerprint density at radius 3 is 2.33 bits per heavy atom. The molecule has 33 heavy (non-hydrogen) atoms. The van der Waals surface area contributed by atoms with Gasteiger partial charge in [0.2, 0.25) is 0 Å². The second kappa shape index (κ2) is 9.58. The lowest BCUT2D eigenvalue weighted by Crippen LogP contribution is -2.33. The van der Waals surface area contributed by atoms with E-state index in [-0.39, 0.29) is 22.9 Å². The summed E-state index contributed by atoms with van der Waals surface area (Å²) in [6.45, 7) is 1.61. The van der Waals surface area contributed by atoms with Gasteiger partial charge in [0.15, 0.2) is 0 Å². The summed E-state index contributed by atoms with van der Waals surface area (Å²) in [6, 6.07) is 8.62. The van der Waals surface area contributed by atoms with Crippen LogP contribution in [-0.4, -0.2) is 41.4 Å². The predicted molar refractivity (Wildman–Crippen MR) is 116 cm³/mol. The number of hydrogen-bond acceptors (Lipinski definition) is 4. The van der Waals surface area contributed by atoms with E-state index in [1.54, 1.807) is 0 Å². The first-order valence-corrected chi connectivity index (χ1v) is 10.4. The highest BCUT2D eigenvalue weighted by Crippen LogP contribution is 2.21. The van der Waals surface area contributed by atoms with E-state index in [1.165, 1.54) is 18.2 Å². The average molecular weight is 459 g/mol. The number of rotatable bonds is 5. The van der Waals surface area contributed by atoms with E-state index in [1.807, 2.05) is 7.05 Å². The highest BCUT2D eigenvalue weighted by molar-refractivity contribution is 6.12. The van der Waals surface area contributed by atoms with E-state index in [0.29, 0.717) is 18.9 Å². The van der Waals surface area contributed by atoms with Gasteiger partial charge in [0, 0.05) is 42.5 Å². The fraction of sp³-hybridized carbons (Fsp3) is 0.250. The normalized spacial score (nSPS) is 15.6. The first-order valence-electron chi connectivity index (χ1n) is 10.4. The smallest absolute Gasteiger partial charge is 0.255 e. The maximum atomic E-state index is 14.7. The lowest BCUT2D eigenvalue weighted by atomic mass is 10.0. The van der Waals surface area contributed by atoms with Crippen molar-refractivity contribution in [2.75, 3.05) is 20.1 Å². The number of likely N-dealkylation sites (tertiary alicyclic amines) is 1. The standard InChI is InChI=1S/C24H21F4N3O2/c1-30-11-9-17(10-12-30)33-29-23(18-7-6-16(25)13-21(18)28)15-5-8-22(32)31(14-15)24-19(26)3-2-4-20(24)27/h2-8,13-14,17H,9-12H2,1H3. The summed E-state index contributed by atoms with van der Waals surface area (Å²) in [5.41, 5.74) is -1.21. The Morgan fingerprint density at radius 1 is 0.970 bits per heavy atom. The van der Waals surface area contributed by atoms with Gasteiger partial charge in [-0.3, -0.25) is 9.36 Å². The quantitative estimate of drug-likeness (QED) is 0.326. The molecule has 0 N–H and O–H groups in total. The molecule has 2 heterocycles. The van der Waals surface area contributed by atoms with Gasteiger partial charge < -0.3 is 9.74 Å². The molecule has 0 atom stereocenters. The third-order valence-electron chi connectivity index (χ3n) is 5.51. The zero-order valence-electron chi connectivity index (χ0n) is 17.8. The minimum Gasteiger partial charge on any atom is -0.392 e. The van der Waals surface area contributed by atoms with Crippen LogP contribution in [0.1, 0.15) is 24.0 Å². The van der Waals surface area contributed by atoms with E-state index in [4.69, 9.17) is 4.84 Å². The van der Waals surface area contributed by atoms with Crippen molar-refractivity contribution in [1.29, 1.82) is 0 Å². The summed E-state index contributed by atoms with van der Waals surface area (Å²) in [6.07, 6.45) is 2.36. The van der Waals surface area contributed by atoms with Gasteiger partial charge in [-0.1, -0.05) is 11.2 Å². The molecule has 0 radical (unpaired) electrons. The molecule has 0 unspecified atom stereocenters. The number of oxime groups is 1. The molecule has 172 valence electrons. The number of hydrogen-bond donors (Lipinski definition) is 0. The van der Waals surface area contributed by atoms with Crippen molar-refractivity contribution >= 4 is 5.71 Å². The first kappa shape index (κ1) is 22.7. The van der Waals surface area contributed by atoms with Crippen LogP contribution in [0, 0.1) is 23.3 Å². The van der Waals surface area contributed by atoms with Crippen LogP contribution >= 0.6 is 0 Å². The molecule has 0 amide bonds. The van der Waals surface area contributed by atoms with E-state index < -0.39 is 34.5 Å². The highest BCUT2D eigenvalue weighted by Gasteiger charge is 2.21. The second-order valence-electron chi connectivity index (χ2n) is 7.87. The van der Waals surface area contributed by atoms with Gasteiger partial charge in [0.25, 0.3) is 5.56 Å². The molecular formula is C24H21F4N3O2. The Kier molecular flexibility index (Phi) is 6.60. The summed E-state index contributed by atoms with van der Waals surface area (Å²) in [5.74, 6) is -3.55. The van der Waals surface area contributed by atoms with Crippen LogP contribution in [0.3, 0.4) is 0 Å². The summed E-state index contributed by atoms with van der Waals surface area (Å²) in [4.78, 5) is 20.2. The van der Waals surface area contributed by atoms with Crippen molar-refractivity contribution in [2.45, 2.75) is 18.9 Å². The number of piperidine rings is 1.